The lowest BCUT2D eigenvalue weighted by Gasteiger charge is -2.10. The summed E-state index contributed by atoms with van der Waals surface area (Å²) >= 11 is 0. The molecule has 9 heteroatoms. The first-order valence-electron chi connectivity index (χ1n) is 6.47. The summed E-state index contributed by atoms with van der Waals surface area (Å²) in [7, 11) is 2.80. The van der Waals surface area contributed by atoms with Crippen molar-refractivity contribution < 1.29 is 9.53 Å². The Hall–Kier alpha value is -2.97. The SMILES string of the molecule is CCOc1cc(C(=O)Nc2cc(=O)n(C)c(=O)n2C)ncn1. The highest BCUT2D eigenvalue weighted by Crippen LogP contribution is 2.09. The smallest absolute Gasteiger partial charge is 0.332 e. The number of nitrogens with one attached hydrogen (secondary N) is 1. The highest BCUT2D eigenvalue weighted by atomic mass is 16.5. The Morgan fingerprint density at radius 3 is 2.64 bits per heavy atom. The second kappa shape index (κ2) is 6.20. The van der Waals surface area contributed by atoms with Crippen molar-refractivity contribution in [3.63, 3.8) is 0 Å². The summed E-state index contributed by atoms with van der Waals surface area (Å²) in [4.78, 5) is 43.3. The fourth-order valence-corrected chi connectivity index (χ4v) is 1.72. The average molecular weight is 305 g/mol. The lowest BCUT2D eigenvalue weighted by Crippen LogP contribution is -2.38. The van der Waals surface area contributed by atoms with Gasteiger partial charge in [0.15, 0.2) is 0 Å². The molecule has 22 heavy (non-hydrogen) atoms. The maximum atomic E-state index is 12.1. The van der Waals surface area contributed by atoms with E-state index in [0.717, 1.165) is 15.2 Å². The van der Waals surface area contributed by atoms with E-state index in [1.54, 1.807) is 6.92 Å². The number of ether oxygens (including phenoxy) is 1. The van der Waals surface area contributed by atoms with Crippen LogP contribution in [0.4, 0.5) is 5.82 Å². The fourth-order valence-electron chi connectivity index (χ4n) is 1.72. The van der Waals surface area contributed by atoms with Gasteiger partial charge in [0.1, 0.15) is 17.8 Å². The van der Waals surface area contributed by atoms with E-state index in [0.29, 0.717) is 6.61 Å². The number of rotatable bonds is 4. The zero-order valence-electron chi connectivity index (χ0n) is 12.4. The van der Waals surface area contributed by atoms with Crippen LogP contribution in [0.3, 0.4) is 0 Å². The third-order valence-corrected chi connectivity index (χ3v) is 2.93. The van der Waals surface area contributed by atoms with Crippen molar-refractivity contribution in [1.29, 1.82) is 0 Å². The molecule has 0 fully saturated rings. The van der Waals surface area contributed by atoms with Crippen molar-refractivity contribution >= 4 is 11.7 Å². The Morgan fingerprint density at radius 2 is 1.95 bits per heavy atom. The maximum Gasteiger partial charge on any atom is 0.332 e. The van der Waals surface area contributed by atoms with Gasteiger partial charge in [0, 0.05) is 26.2 Å². The molecule has 2 aromatic heterocycles. The molecule has 2 rings (SSSR count). The van der Waals surface area contributed by atoms with Gasteiger partial charge in [-0.15, -0.1) is 0 Å². The van der Waals surface area contributed by atoms with Crippen molar-refractivity contribution in [2.75, 3.05) is 11.9 Å². The molecule has 0 atom stereocenters. The number of carbonyl (C=O) groups is 1. The number of hydrogen-bond acceptors (Lipinski definition) is 6. The molecule has 9 nitrogen and oxygen atoms in total. The number of amides is 1. The van der Waals surface area contributed by atoms with Crippen LogP contribution >= 0.6 is 0 Å². The molecule has 0 aliphatic rings. The molecule has 0 saturated heterocycles. The minimum atomic E-state index is -0.577. The summed E-state index contributed by atoms with van der Waals surface area (Å²) in [5, 5.41) is 2.47. The first kappa shape index (κ1) is 15.4. The monoisotopic (exact) mass is 305 g/mol. The van der Waals surface area contributed by atoms with Crippen molar-refractivity contribution in [2.24, 2.45) is 14.1 Å². The van der Waals surface area contributed by atoms with E-state index >= 15 is 0 Å². The topological polar surface area (TPSA) is 108 Å². The van der Waals surface area contributed by atoms with E-state index in [-0.39, 0.29) is 17.4 Å². The van der Waals surface area contributed by atoms with Gasteiger partial charge in [-0.2, -0.15) is 0 Å². The van der Waals surface area contributed by atoms with Crippen LogP contribution in [-0.4, -0.2) is 31.6 Å². The summed E-state index contributed by atoms with van der Waals surface area (Å²) in [5.41, 5.74) is -0.997. The van der Waals surface area contributed by atoms with Crippen LogP contribution in [0.2, 0.25) is 0 Å². The molecule has 0 radical (unpaired) electrons. The Morgan fingerprint density at radius 1 is 1.23 bits per heavy atom. The second-order valence-corrected chi connectivity index (χ2v) is 4.40. The Labute approximate surface area is 125 Å². The van der Waals surface area contributed by atoms with Crippen LogP contribution in [0.1, 0.15) is 17.4 Å². The molecule has 2 aromatic rings. The van der Waals surface area contributed by atoms with Crippen LogP contribution in [0.5, 0.6) is 5.88 Å². The molecule has 0 unspecified atom stereocenters. The van der Waals surface area contributed by atoms with Gasteiger partial charge in [0.05, 0.1) is 6.61 Å². The minimum absolute atomic E-state index is 0.0616. The van der Waals surface area contributed by atoms with Crippen molar-refractivity contribution in [3.05, 3.63) is 45.0 Å². The Balaban J connectivity index is 2.32. The van der Waals surface area contributed by atoms with Crippen LogP contribution < -0.4 is 21.3 Å². The molecule has 1 amide bonds. The minimum Gasteiger partial charge on any atom is -0.478 e. The normalized spacial score (nSPS) is 10.3. The summed E-state index contributed by atoms with van der Waals surface area (Å²) in [6.45, 7) is 2.19. The van der Waals surface area contributed by atoms with E-state index < -0.39 is 17.2 Å². The summed E-state index contributed by atoms with van der Waals surface area (Å²) in [5.74, 6) is -0.234. The van der Waals surface area contributed by atoms with Gasteiger partial charge in [-0.25, -0.2) is 14.8 Å². The standard InChI is InChI=1S/C13H15N5O4/c1-4-22-10-5-8(14-7-15-10)12(20)16-9-6-11(19)18(3)13(21)17(9)2/h5-7H,4H2,1-3H3,(H,16,20). The van der Waals surface area contributed by atoms with Gasteiger partial charge in [0.25, 0.3) is 11.5 Å². The Bertz CT molecular complexity index is 824. The molecule has 116 valence electrons. The lowest BCUT2D eigenvalue weighted by atomic mass is 10.3. The molecule has 0 aromatic carbocycles. The van der Waals surface area contributed by atoms with Crippen LogP contribution in [0, 0.1) is 0 Å². The van der Waals surface area contributed by atoms with Gasteiger partial charge < -0.3 is 10.1 Å². The summed E-state index contributed by atoms with van der Waals surface area (Å²) in [6, 6.07) is 2.53. The predicted octanol–water partition coefficient (Wildman–Crippen LogP) is -0.475. The Kier molecular flexibility index (Phi) is 4.35. The number of carbonyl (C=O) groups excluding carboxylic acids is 1. The molecular weight excluding hydrogens is 290 g/mol. The van der Waals surface area contributed by atoms with Crippen molar-refractivity contribution in [1.82, 2.24) is 19.1 Å². The fraction of sp³-hybridized carbons (Fsp3) is 0.308. The van der Waals surface area contributed by atoms with Gasteiger partial charge in [-0.05, 0) is 6.92 Å². The number of anilines is 1. The molecular formula is C13H15N5O4. The zero-order valence-corrected chi connectivity index (χ0v) is 12.4. The molecule has 0 spiro atoms. The van der Waals surface area contributed by atoms with Crippen molar-refractivity contribution in [3.8, 4) is 5.88 Å². The van der Waals surface area contributed by atoms with Gasteiger partial charge in [-0.3, -0.25) is 18.7 Å². The predicted molar refractivity (Wildman–Crippen MR) is 78.1 cm³/mol. The summed E-state index contributed by atoms with van der Waals surface area (Å²) in [6.07, 6.45) is 1.20. The molecule has 0 saturated carbocycles. The zero-order chi connectivity index (χ0) is 16.3. The van der Waals surface area contributed by atoms with E-state index in [9.17, 15) is 14.4 Å². The third-order valence-electron chi connectivity index (χ3n) is 2.93. The lowest BCUT2D eigenvalue weighted by molar-refractivity contribution is 0.102. The van der Waals surface area contributed by atoms with Crippen LogP contribution in [0.25, 0.3) is 0 Å². The highest BCUT2D eigenvalue weighted by Gasteiger charge is 2.13. The molecule has 2 heterocycles. The maximum absolute atomic E-state index is 12.1. The van der Waals surface area contributed by atoms with Crippen LogP contribution in [0.15, 0.2) is 28.0 Å². The highest BCUT2D eigenvalue weighted by molar-refractivity contribution is 6.02. The van der Waals surface area contributed by atoms with E-state index in [1.807, 2.05) is 0 Å². The first-order valence-corrected chi connectivity index (χ1v) is 6.47. The molecule has 0 aliphatic carbocycles. The van der Waals surface area contributed by atoms with E-state index in [4.69, 9.17) is 4.74 Å². The van der Waals surface area contributed by atoms with Gasteiger partial charge >= 0.3 is 5.69 Å². The summed E-state index contributed by atoms with van der Waals surface area (Å²) < 4.78 is 7.28. The van der Waals surface area contributed by atoms with Crippen LogP contribution in [-0.2, 0) is 14.1 Å². The third kappa shape index (κ3) is 3.03. The molecule has 0 aliphatic heterocycles. The second-order valence-electron chi connectivity index (χ2n) is 4.40. The van der Waals surface area contributed by atoms with Gasteiger partial charge in [-0.1, -0.05) is 0 Å². The van der Waals surface area contributed by atoms with E-state index in [1.165, 1.54) is 26.5 Å². The van der Waals surface area contributed by atoms with Gasteiger partial charge in [0.2, 0.25) is 5.88 Å². The first-order chi connectivity index (χ1) is 10.4. The quantitative estimate of drug-likeness (QED) is 0.817. The van der Waals surface area contributed by atoms with E-state index in [2.05, 4.69) is 15.3 Å². The molecule has 1 N–H and O–H groups in total. The molecule has 0 bridgehead atoms. The van der Waals surface area contributed by atoms with Crippen molar-refractivity contribution in [2.45, 2.75) is 6.92 Å². The number of aromatic nitrogens is 4. The largest absolute Gasteiger partial charge is 0.478 e. The number of hydrogen-bond donors (Lipinski definition) is 1. The number of nitrogens with zero attached hydrogens (tertiary/aromatic N) is 4. The average Bonchev–Trinajstić information content (AvgIpc) is 2.51.